The van der Waals surface area contributed by atoms with E-state index in [9.17, 15) is 14.4 Å². The molecule has 1 N–H and O–H groups in total. The third kappa shape index (κ3) is 2.09. The second kappa shape index (κ2) is 4.74. The van der Waals surface area contributed by atoms with Gasteiger partial charge in [-0.25, -0.2) is 0 Å². The number of imide groups is 1. The van der Waals surface area contributed by atoms with Crippen LogP contribution in [0.15, 0.2) is 30.3 Å². The first kappa shape index (κ1) is 12.8. The second-order valence-corrected chi connectivity index (χ2v) is 5.35. The van der Waals surface area contributed by atoms with Crippen molar-refractivity contribution in [2.75, 3.05) is 0 Å². The summed E-state index contributed by atoms with van der Waals surface area (Å²) >= 11 is 0. The Balaban J connectivity index is 1.87. The van der Waals surface area contributed by atoms with Gasteiger partial charge in [0.15, 0.2) is 0 Å². The molecule has 3 rings (SSSR count). The van der Waals surface area contributed by atoms with Crippen molar-refractivity contribution in [1.82, 2.24) is 4.90 Å². The van der Waals surface area contributed by atoms with Crippen molar-refractivity contribution in [3.05, 3.63) is 35.9 Å². The van der Waals surface area contributed by atoms with Gasteiger partial charge in [-0.15, -0.1) is 0 Å². The molecule has 20 heavy (non-hydrogen) atoms. The van der Waals surface area contributed by atoms with E-state index in [1.54, 1.807) is 0 Å². The monoisotopic (exact) mass is 273 g/mol. The predicted molar refractivity (Wildman–Crippen MR) is 69.5 cm³/mol. The van der Waals surface area contributed by atoms with E-state index in [1.807, 2.05) is 30.3 Å². The predicted octanol–water partition coefficient (Wildman–Crippen LogP) is 1.60. The maximum absolute atomic E-state index is 12.2. The highest BCUT2D eigenvalue weighted by molar-refractivity contribution is 6.09. The molecule has 3 unspecified atom stereocenters. The van der Waals surface area contributed by atoms with E-state index in [0.29, 0.717) is 6.42 Å². The number of hydrogen-bond acceptors (Lipinski definition) is 3. The Kier molecular flexibility index (Phi) is 3.04. The Hall–Kier alpha value is -2.17. The maximum atomic E-state index is 12.2. The molecule has 104 valence electrons. The molecule has 5 heteroatoms. The van der Waals surface area contributed by atoms with Crippen molar-refractivity contribution in [2.45, 2.75) is 25.3 Å². The summed E-state index contributed by atoms with van der Waals surface area (Å²) in [5.41, 5.74) is 0.816. The molecule has 2 aliphatic rings. The number of rotatable bonds is 5. The van der Waals surface area contributed by atoms with Crippen LogP contribution >= 0.6 is 0 Å². The van der Waals surface area contributed by atoms with Crippen molar-refractivity contribution in [1.29, 1.82) is 0 Å². The molecule has 1 aliphatic heterocycles. The van der Waals surface area contributed by atoms with E-state index in [0.717, 1.165) is 5.56 Å². The summed E-state index contributed by atoms with van der Waals surface area (Å²) in [6, 6.07) is 8.71. The first-order valence-electron chi connectivity index (χ1n) is 6.73. The molecular weight excluding hydrogens is 258 g/mol. The van der Waals surface area contributed by atoms with Crippen LogP contribution in [0.4, 0.5) is 0 Å². The van der Waals surface area contributed by atoms with E-state index in [1.165, 1.54) is 4.90 Å². The molecule has 0 aromatic heterocycles. The summed E-state index contributed by atoms with van der Waals surface area (Å²) in [4.78, 5) is 36.4. The number of likely N-dealkylation sites (tertiary alicyclic amines) is 1. The van der Waals surface area contributed by atoms with Gasteiger partial charge in [-0.3, -0.25) is 19.3 Å². The minimum atomic E-state index is -0.921. The zero-order valence-corrected chi connectivity index (χ0v) is 10.9. The lowest BCUT2D eigenvalue weighted by Gasteiger charge is -2.27. The van der Waals surface area contributed by atoms with Crippen LogP contribution in [-0.4, -0.2) is 27.8 Å². The average molecular weight is 273 g/mol. The molecule has 1 aromatic rings. The molecule has 0 radical (unpaired) electrons. The molecule has 2 amide bonds. The fourth-order valence-corrected chi connectivity index (χ4v) is 2.89. The summed E-state index contributed by atoms with van der Waals surface area (Å²) in [5, 5.41) is 8.86. The van der Waals surface area contributed by atoms with Gasteiger partial charge in [-0.2, -0.15) is 0 Å². The third-order valence-electron chi connectivity index (χ3n) is 4.03. The molecule has 1 aliphatic carbocycles. The minimum absolute atomic E-state index is 0.0635. The number of carboxylic acid groups (broad SMARTS) is 1. The number of carbonyl (C=O) groups excluding carboxylic acids is 2. The summed E-state index contributed by atoms with van der Waals surface area (Å²) in [7, 11) is 0. The number of nitrogens with zero attached hydrogens (tertiary/aromatic N) is 1. The topological polar surface area (TPSA) is 74.7 Å². The zero-order valence-electron chi connectivity index (χ0n) is 10.9. The van der Waals surface area contributed by atoms with Crippen molar-refractivity contribution in [3.63, 3.8) is 0 Å². The van der Waals surface area contributed by atoms with E-state index in [-0.39, 0.29) is 36.5 Å². The molecule has 2 fully saturated rings. The van der Waals surface area contributed by atoms with Crippen LogP contribution in [0, 0.1) is 11.8 Å². The fourth-order valence-electron chi connectivity index (χ4n) is 2.89. The third-order valence-corrected chi connectivity index (χ3v) is 4.03. The van der Waals surface area contributed by atoms with Crippen molar-refractivity contribution in [2.24, 2.45) is 11.8 Å². The Morgan fingerprint density at radius 1 is 1.20 bits per heavy atom. The van der Waals surface area contributed by atoms with E-state index >= 15 is 0 Å². The van der Waals surface area contributed by atoms with Crippen molar-refractivity contribution < 1.29 is 19.5 Å². The minimum Gasteiger partial charge on any atom is -0.481 e. The molecular formula is C15H15NO4. The summed E-state index contributed by atoms with van der Waals surface area (Å²) in [5.74, 6) is -1.51. The molecule has 0 spiro atoms. The van der Waals surface area contributed by atoms with Crippen LogP contribution in [0.2, 0.25) is 0 Å². The number of fused-ring (bicyclic) bond motifs is 1. The normalized spacial score (nSPS) is 25.5. The van der Waals surface area contributed by atoms with E-state index in [2.05, 4.69) is 0 Å². The molecule has 0 bridgehead atoms. The number of amides is 2. The maximum Gasteiger partial charge on any atom is 0.303 e. The number of hydrogen-bond donors (Lipinski definition) is 1. The van der Waals surface area contributed by atoms with Gasteiger partial charge in [0.1, 0.15) is 0 Å². The smallest absolute Gasteiger partial charge is 0.303 e. The lowest BCUT2D eigenvalue weighted by Crippen LogP contribution is -2.37. The van der Waals surface area contributed by atoms with Crippen LogP contribution in [0.25, 0.3) is 0 Å². The summed E-state index contributed by atoms with van der Waals surface area (Å²) in [6.07, 6.45) is 0.858. The standard InChI is InChI=1S/C15H15NO4/c17-13(18)7-6-12(9-4-2-1-3-5-9)16-14(19)10-8-11(10)15(16)20/h1-5,10-12H,6-8H2,(H,17,18). The first-order chi connectivity index (χ1) is 9.59. The van der Waals surface area contributed by atoms with Crippen LogP contribution in [0.5, 0.6) is 0 Å². The van der Waals surface area contributed by atoms with Gasteiger partial charge in [0.05, 0.1) is 17.9 Å². The fraction of sp³-hybridized carbons (Fsp3) is 0.400. The highest BCUT2D eigenvalue weighted by atomic mass is 16.4. The van der Waals surface area contributed by atoms with Gasteiger partial charge in [0, 0.05) is 6.42 Å². The van der Waals surface area contributed by atoms with E-state index < -0.39 is 12.0 Å². The molecule has 1 saturated heterocycles. The Labute approximate surface area is 116 Å². The zero-order chi connectivity index (χ0) is 14.3. The second-order valence-electron chi connectivity index (χ2n) is 5.35. The Bertz CT molecular complexity index is 548. The first-order valence-corrected chi connectivity index (χ1v) is 6.73. The van der Waals surface area contributed by atoms with E-state index in [4.69, 9.17) is 5.11 Å². The van der Waals surface area contributed by atoms with Gasteiger partial charge in [-0.05, 0) is 18.4 Å². The quantitative estimate of drug-likeness (QED) is 0.827. The molecule has 5 nitrogen and oxygen atoms in total. The molecule has 1 heterocycles. The molecule has 1 aromatic carbocycles. The van der Waals surface area contributed by atoms with Crippen molar-refractivity contribution in [3.8, 4) is 0 Å². The highest BCUT2D eigenvalue weighted by Crippen LogP contribution is 2.50. The number of carbonyl (C=O) groups is 3. The molecule has 1 saturated carbocycles. The van der Waals surface area contributed by atoms with Crippen LogP contribution < -0.4 is 0 Å². The number of aliphatic carboxylic acids is 1. The Morgan fingerprint density at radius 2 is 1.80 bits per heavy atom. The highest BCUT2D eigenvalue weighted by Gasteiger charge is 2.60. The SMILES string of the molecule is O=C(O)CCC(c1ccccc1)N1C(=O)C2CC2C1=O. The number of piperidine rings is 1. The molecule has 3 atom stereocenters. The van der Waals surface area contributed by atoms with Gasteiger partial charge in [-0.1, -0.05) is 30.3 Å². The van der Waals surface area contributed by atoms with Gasteiger partial charge >= 0.3 is 5.97 Å². The van der Waals surface area contributed by atoms with Crippen molar-refractivity contribution >= 4 is 17.8 Å². The van der Waals surface area contributed by atoms with Crippen LogP contribution in [0.3, 0.4) is 0 Å². The lowest BCUT2D eigenvalue weighted by molar-refractivity contribution is -0.146. The van der Waals surface area contributed by atoms with Gasteiger partial charge in [0.25, 0.3) is 0 Å². The van der Waals surface area contributed by atoms with Gasteiger partial charge in [0.2, 0.25) is 11.8 Å². The number of carboxylic acids is 1. The Morgan fingerprint density at radius 3 is 2.35 bits per heavy atom. The van der Waals surface area contributed by atoms with Crippen LogP contribution in [-0.2, 0) is 14.4 Å². The summed E-state index contributed by atoms with van der Waals surface area (Å²) in [6.45, 7) is 0. The summed E-state index contributed by atoms with van der Waals surface area (Å²) < 4.78 is 0. The number of benzene rings is 1. The average Bonchev–Trinajstić information content (AvgIpc) is 3.19. The lowest BCUT2D eigenvalue weighted by atomic mass is 10.00. The van der Waals surface area contributed by atoms with Crippen LogP contribution in [0.1, 0.15) is 30.9 Å². The van der Waals surface area contributed by atoms with Gasteiger partial charge < -0.3 is 5.11 Å². The largest absolute Gasteiger partial charge is 0.481 e.